The van der Waals surface area contributed by atoms with Crippen molar-refractivity contribution in [3.63, 3.8) is 0 Å². The zero-order chi connectivity index (χ0) is 24.4. The number of aryl methyl sites for hydroxylation is 1. The maximum atomic E-state index is 11.1. The predicted molar refractivity (Wildman–Crippen MR) is 137 cm³/mol. The van der Waals surface area contributed by atoms with Crippen molar-refractivity contribution in [1.29, 1.82) is 0 Å². The number of hydrogen-bond acceptors (Lipinski definition) is 3. The van der Waals surface area contributed by atoms with Gasteiger partial charge in [0.05, 0.1) is 12.2 Å². The molecule has 0 bridgehead atoms. The molecule has 0 saturated heterocycles. The van der Waals surface area contributed by atoms with Crippen molar-refractivity contribution in [1.82, 2.24) is 10.2 Å². The van der Waals surface area contributed by atoms with Crippen LogP contribution in [0.25, 0.3) is 0 Å². The first-order valence-electron chi connectivity index (χ1n) is 12.6. The number of hydrogen-bond donors (Lipinski definition) is 2. The number of carboxylic acids is 1. The van der Waals surface area contributed by atoms with Crippen LogP contribution in [0.1, 0.15) is 91.2 Å². The number of carboxylic acid groups (broad SMARTS) is 1. The van der Waals surface area contributed by atoms with Crippen molar-refractivity contribution in [2.24, 2.45) is 17.3 Å². The van der Waals surface area contributed by atoms with Gasteiger partial charge in [-0.25, -0.2) is 0 Å². The van der Waals surface area contributed by atoms with Gasteiger partial charge in [-0.1, -0.05) is 58.4 Å². The lowest BCUT2D eigenvalue weighted by Gasteiger charge is -2.47. The molecule has 1 saturated carbocycles. The van der Waals surface area contributed by atoms with Crippen LogP contribution in [-0.2, 0) is 16.8 Å². The second-order valence-electron chi connectivity index (χ2n) is 11.9. The molecule has 0 radical (unpaired) electrons. The van der Waals surface area contributed by atoms with Gasteiger partial charge >= 0.3 is 5.97 Å². The molecule has 0 unspecified atom stereocenters. The first kappa shape index (κ1) is 26.1. The van der Waals surface area contributed by atoms with E-state index in [-0.39, 0.29) is 5.54 Å². The average molecular weight is 475 g/mol. The van der Waals surface area contributed by atoms with Crippen LogP contribution >= 0.6 is 11.6 Å². The van der Waals surface area contributed by atoms with E-state index in [4.69, 9.17) is 16.7 Å². The van der Waals surface area contributed by atoms with E-state index in [9.17, 15) is 4.79 Å². The minimum atomic E-state index is -0.668. The normalized spacial score (nSPS) is 26.4. The van der Waals surface area contributed by atoms with Crippen LogP contribution in [-0.4, -0.2) is 28.7 Å². The molecule has 1 aromatic carbocycles. The highest BCUT2D eigenvalue weighted by Gasteiger charge is 2.38. The maximum absolute atomic E-state index is 11.1. The van der Waals surface area contributed by atoms with Crippen LogP contribution in [0.15, 0.2) is 30.0 Å². The maximum Gasteiger partial charge on any atom is 0.303 e. The highest BCUT2D eigenvalue weighted by Crippen LogP contribution is 2.40. The van der Waals surface area contributed by atoms with Crippen LogP contribution in [0.2, 0.25) is 5.02 Å². The Balaban J connectivity index is 1.77. The van der Waals surface area contributed by atoms with Gasteiger partial charge in [-0.3, -0.25) is 10.1 Å². The Kier molecular flexibility index (Phi) is 8.22. The summed E-state index contributed by atoms with van der Waals surface area (Å²) in [6.45, 7) is 14.4. The Morgan fingerprint density at radius 1 is 1.24 bits per heavy atom. The minimum Gasteiger partial charge on any atom is -0.481 e. The molecule has 1 aliphatic heterocycles. The van der Waals surface area contributed by atoms with Crippen LogP contribution < -0.4 is 5.32 Å². The van der Waals surface area contributed by atoms with E-state index in [1.54, 1.807) is 0 Å². The molecule has 0 spiro atoms. The third-order valence-electron chi connectivity index (χ3n) is 7.64. The van der Waals surface area contributed by atoms with Gasteiger partial charge in [0.15, 0.2) is 0 Å². The van der Waals surface area contributed by atoms with Crippen molar-refractivity contribution >= 4 is 17.6 Å². The zero-order valence-electron chi connectivity index (χ0n) is 21.4. The first-order chi connectivity index (χ1) is 15.4. The largest absolute Gasteiger partial charge is 0.481 e. The van der Waals surface area contributed by atoms with Gasteiger partial charge in [-0.2, -0.15) is 0 Å². The van der Waals surface area contributed by atoms with Crippen LogP contribution in [0, 0.1) is 17.3 Å². The zero-order valence-corrected chi connectivity index (χ0v) is 22.1. The number of nitrogens with one attached hydrogen (secondary N) is 1. The Hall–Kier alpha value is -1.52. The topological polar surface area (TPSA) is 52.6 Å². The van der Waals surface area contributed by atoms with Gasteiger partial charge in [-0.05, 0) is 85.5 Å². The van der Waals surface area contributed by atoms with Gasteiger partial charge in [-0.15, -0.1) is 0 Å². The standard InChI is InChI=1S/C28H43ClN2O2/c1-19(2)24-17-31(23-11-7-20(8-12-23)15-26(32)33)18-30-28(24,6)22-10-9-21(25(29)16-22)13-14-27(3,4)5/h9-10,16-17,19-20,23,30H,7-8,11-15,18H2,1-6H3,(H,32,33)/t20?,23?,28-/m0/s1. The van der Waals surface area contributed by atoms with E-state index in [1.165, 1.54) is 16.7 Å². The molecule has 0 aromatic heterocycles. The van der Waals surface area contributed by atoms with E-state index >= 15 is 0 Å². The molecule has 33 heavy (non-hydrogen) atoms. The summed E-state index contributed by atoms with van der Waals surface area (Å²) >= 11 is 6.77. The summed E-state index contributed by atoms with van der Waals surface area (Å²) in [5.74, 6) is 0.0566. The lowest BCUT2D eigenvalue weighted by atomic mass is 9.77. The Labute approximate surface area is 205 Å². The fourth-order valence-corrected chi connectivity index (χ4v) is 5.71. The molecule has 1 aliphatic carbocycles. The lowest BCUT2D eigenvalue weighted by molar-refractivity contribution is -0.138. The fourth-order valence-electron chi connectivity index (χ4n) is 5.43. The highest BCUT2D eigenvalue weighted by molar-refractivity contribution is 6.31. The number of halogens is 1. The fraction of sp³-hybridized carbons (Fsp3) is 0.679. The van der Waals surface area contributed by atoms with Crippen molar-refractivity contribution in [2.45, 2.75) is 98.1 Å². The molecule has 184 valence electrons. The molecular formula is C28H43ClN2O2. The van der Waals surface area contributed by atoms with Crippen LogP contribution in [0.4, 0.5) is 0 Å². The number of aliphatic carboxylic acids is 1. The summed E-state index contributed by atoms with van der Waals surface area (Å²) in [5.41, 5.74) is 3.86. The Bertz CT molecular complexity index is 865. The van der Waals surface area contributed by atoms with Crippen molar-refractivity contribution in [2.75, 3.05) is 6.67 Å². The smallest absolute Gasteiger partial charge is 0.303 e. The molecular weight excluding hydrogens is 432 g/mol. The van der Waals surface area contributed by atoms with Crippen molar-refractivity contribution in [3.8, 4) is 0 Å². The number of carbonyl (C=O) groups is 1. The number of benzene rings is 1. The molecule has 1 atom stereocenters. The summed E-state index contributed by atoms with van der Waals surface area (Å²) in [7, 11) is 0. The Morgan fingerprint density at radius 2 is 1.91 bits per heavy atom. The second-order valence-corrected chi connectivity index (χ2v) is 12.3. The molecule has 5 heteroatoms. The van der Waals surface area contributed by atoms with Crippen LogP contribution in [0.3, 0.4) is 0 Å². The minimum absolute atomic E-state index is 0.253. The predicted octanol–water partition coefficient (Wildman–Crippen LogP) is 6.97. The molecule has 1 heterocycles. The van der Waals surface area contributed by atoms with Crippen molar-refractivity contribution in [3.05, 3.63) is 46.1 Å². The highest BCUT2D eigenvalue weighted by atomic mass is 35.5. The average Bonchev–Trinajstić information content (AvgIpc) is 2.72. The molecule has 1 aromatic rings. The number of nitrogens with zero attached hydrogens (tertiary/aromatic N) is 1. The third-order valence-corrected chi connectivity index (χ3v) is 7.99. The summed E-state index contributed by atoms with van der Waals surface area (Å²) in [6.07, 6.45) is 8.93. The molecule has 2 N–H and O–H groups in total. The summed E-state index contributed by atoms with van der Waals surface area (Å²) in [5, 5.41) is 13.8. The molecule has 4 nitrogen and oxygen atoms in total. The summed E-state index contributed by atoms with van der Waals surface area (Å²) < 4.78 is 0. The summed E-state index contributed by atoms with van der Waals surface area (Å²) in [4.78, 5) is 13.5. The van der Waals surface area contributed by atoms with E-state index in [0.717, 1.165) is 50.2 Å². The second kappa shape index (κ2) is 10.4. The van der Waals surface area contributed by atoms with Gasteiger partial charge in [0, 0.05) is 23.7 Å². The van der Waals surface area contributed by atoms with Gasteiger partial charge in [0.1, 0.15) is 0 Å². The molecule has 2 aliphatic rings. The van der Waals surface area contributed by atoms with E-state index in [2.05, 4.69) is 76.2 Å². The Morgan fingerprint density at radius 3 is 2.45 bits per heavy atom. The van der Waals surface area contributed by atoms with Gasteiger partial charge < -0.3 is 10.0 Å². The van der Waals surface area contributed by atoms with E-state index in [1.807, 2.05) is 0 Å². The van der Waals surface area contributed by atoms with Gasteiger partial charge in [0.25, 0.3) is 0 Å². The van der Waals surface area contributed by atoms with E-state index < -0.39 is 5.97 Å². The lowest BCUT2D eigenvalue weighted by Crippen LogP contribution is -2.54. The number of rotatable bonds is 7. The molecule has 3 rings (SSSR count). The third kappa shape index (κ3) is 6.54. The molecule has 1 fully saturated rings. The van der Waals surface area contributed by atoms with Crippen molar-refractivity contribution < 1.29 is 9.90 Å². The monoisotopic (exact) mass is 474 g/mol. The summed E-state index contributed by atoms with van der Waals surface area (Å²) in [6, 6.07) is 7.10. The quantitative estimate of drug-likeness (QED) is 0.448. The first-order valence-corrected chi connectivity index (χ1v) is 13.0. The molecule has 0 amide bonds. The van der Waals surface area contributed by atoms with Gasteiger partial charge in [0.2, 0.25) is 0 Å². The van der Waals surface area contributed by atoms with Crippen LogP contribution in [0.5, 0.6) is 0 Å². The van der Waals surface area contributed by atoms with E-state index in [0.29, 0.717) is 29.7 Å². The SMILES string of the molecule is CC(C)C1=CN(C2CCC(CC(=O)O)CC2)CN[C@@]1(C)c1ccc(CCC(C)(C)C)c(Cl)c1.